The van der Waals surface area contributed by atoms with Crippen LogP contribution in [0.3, 0.4) is 0 Å². The van der Waals surface area contributed by atoms with E-state index in [0.717, 1.165) is 6.42 Å². The molecule has 0 aromatic rings. The van der Waals surface area contributed by atoms with Crippen LogP contribution in [0.4, 0.5) is 0 Å². The van der Waals surface area contributed by atoms with Gasteiger partial charge in [0.15, 0.2) is 5.78 Å². The van der Waals surface area contributed by atoms with Crippen LogP contribution in [0, 0.1) is 16.7 Å². The number of fused-ring (bicyclic) bond motifs is 2. The van der Waals surface area contributed by atoms with E-state index in [1.807, 2.05) is 6.92 Å². The molecule has 1 unspecified atom stereocenters. The quantitative estimate of drug-likeness (QED) is 0.598. The molecule has 2 saturated carbocycles. The lowest BCUT2D eigenvalue weighted by molar-refractivity contribution is -0.127. The molecule has 3 N–H and O–H groups in total. The van der Waals surface area contributed by atoms with Crippen molar-refractivity contribution in [1.82, 2.24) is 0 Å². The van der Waals surface area contributed by atoms with Gasteiger partial charge in [-0.05, 0) is 18.8 Å². The number of hydrogen-bond acceptors (Lipinski definition) is 3. The smallest absolute Gasteiger partial charge is 0.265 e. The van der Waals surface area contributed by atoms with Crippen molar-refractivity contribution in [3.8, 4) is 0 Å². The van der Waals surface area contributed by atoms with E-state index in [2.05, 4.69) is 15.9 Å². The first-order valence-electron chi connectivity index (χ1n) is 5.25. The summed E-state index contributed by atoms with van der Waals surface area (Å²) in [7, 11) is -4.05. The van der Waals surface area contributed by atoms with Gasteiger partial charge in [0.1, 0.15) is 0 Å². The Morgan fingerprint density at radius 2 is 2.00 bits per heavy atom. The molecule has 0 spiro atoms. The summed E-state index contributed by atoms with van der Waals surface area (Å²) in [6, 6.07) is 0. The molecular weight excluding hydrogens is 312 g/mol. The monoisotopic (exact) mass is 328 g/mol. The number of halogens is 1. The Labute approximate surface area is 109 Å². The van der Waals surface area contributed by atoms with Gasteiger partial charge in [-0.25, -0.2) is 0 Å². The van der Waals surface area contributed by atoms with Crippen molar-refractivity contribution < 1.29 is 23.2 Å². The van der Waals surface area contributed by atoms with Crippen LogP contribution in [0.15, 0.2) is 0 Å². The van der Waals surface area contributed by atoms with Crippen LogP contribution in [0.2, 0.25) is 0 Å². The third kappa shape index (κ3) is 1.87. The highest BCUT2D eigenvalue weighted by Crippen LogP contribution is 2.65. The third-order valence-electron chi connectivity index (χ3n) is 4.66. The molecule has 2 fully saturated rings. The number of Topliss-reactive ketones (excluding diaryl/α,β-unsaturated/α-hetero) is 1. The Morgan fingerprint density at radius 3 is 2.35 bits per heavy atom. The minimum atomic E-state index is -4.05. The van der Waals surface area contributed by atoms with Crippen LogP contribution in [-0.2, 0) is 14.9 Å². The zero-order valence-electron chi connectivity index (χ0n) is 9.73. The second-order valence-corrected chi connectivity index (χ2v) is 7.83. The molecule has 5 nitrogen and oxygen atoms in total. The lowest BCUT2D eigenvalue weighted by Crippen LogP contribution is -2.40. The molecule has 0 saturated heterocycles. The molecule has 0 aromatic carbocycles. The Balaban J connectivity index is 0.00000144. The summed E-state index contributed by atoms with van der Waals surface area (Å²) in [6.45, 7) is 3.62. The van der Waals surface area contributed by atoms with E-state index in [-0.39, 0.29) is 27.8 Å². The largest absolute Gasteiger partial charge is 0.412 e. The molecular formula is C10H17BrO5S. The predicted octanol–water partition coefficient (Wildman–Crippen LogP) is 0.818. The predicted molar refractivity (Wildman–Crippen MR) is 66.7 cm³/mol. The molecule has 17 heavy (non-hydrogen) atoms. The van der Waals surface area contributed by atoms with Gasteiger partial charge in [0.2, 0.25) is 0 Å². The van der Waals surface area contributed by atoms with Gasteiger partial charge in [-0.2, -0.15) is 8.42 Å². The third-order valence-corrected chi connectivity index (χ3v) is 6.68. The topological polar surface area (TPSA) is 103 Å². The number of carbonyl (C=O) groups is 1. The maximum absolute atomic E-state index is 12.1. The first-order chi connectivity index (χ1) is 7.12. The van der Waals surface area contributed by atoms with Crippen LogP contribution >= 0.6 is 15.9 Å². The van der Waals surface area contributed by atoms with E-state index in [4.69, 9.17) is 4.55 Å². The van der Waals surface area contributed by atoms with Gasteiger partial charge < -0.3 is 5.48 Å². The van der Waals surface area contributed by atoms with Crippen molar-refractivity contribution in [2.24, 2.45) is 16.7 Å². The molecule has 0 amide bonds. The number of alkyl halides is 1. The van der Waals surface area contributed by atoms with Crippen molar-refractivity contribution in [3.63, 3.8) is 0 Å². The molecule has 7 heteroatoms. The summed E-state index contributed by atoms with van der Waals surface area (Å²) in [5.74, 6) is -0.239. The van der Waals surface area contributed by atoms with Crippen LogP contribution < -0.4 is 0 Å². The number of ketones is 1. The van der Waals surface area contributed by atoms with Crippen LogP contribution in [0.1, 0.15) is 26.7 Å². The molecule has 2 aliphatic rings. The minimum Gasteiger partial charge on any atom is -0.412 e. The van der Waals surface area contributed by atoms with E-state index >= 15 is 0 Å². The maximum Gasteiger partial charge on any atom is 0.265 e. The zero-order chi connectivity index (χ0) is 12.4. The second-order valence-electron chi connectivity index (χ2n) is 5.39. The normalized spacial score (nSPS) is 44.8. The Bertz CT molecular complexity index is 448. The fraction of sp³-hybridized carbons (Fsp3) is 0.900. The fourth-order valence-electron chi connectivity index (χ4n) is 3.46. The summed E-state index contributed by atoms with van der Waals surface area (Å²) < 4.78 is 31.2. The molecule has 100 valence electrons. The molecule has 2 aliphatic carbocycles. The molecule has 2 rings (SSSR count). The highest BCUT2D eigenvalue weighted by Gasteiger charge is 2.68. The summed E-state index contributed by atoms with van der Waals surface area (Å²) >= 11 is 3.35. The van der Waals surface area contributed by atoms with Gasteiger partial charge in [0.05, 0.1) is 10.6 Å². The van der Waals surface area contributed by atoms with Crippen molar-refractivity contribution in [1.29, 1.82) is 0 Å². The number of hydrogen-bond donors (Lipinski definition) is 1. The molecule has 0 aliphatic heterocycles. The first kappa shape index (κ1) is 15.1. The maximum atomic E-state index is 12.1. The van der Waals surface area contributed by atoms with Crippen molar-refractivity contribution in [3.05, 3.63) is 0 Å². The van der Waals surface area contributed by atoms with E-state index in [0.29, 0.717) is 6.42 Å². The SMILES string of the molecule is CC1(CS(=O)(=O)O)[C@H]2CC[C@@]1(C)C(=O)[C@@H]2Br.O. The number of carbonyl (C=O) groups excluding carboxylic acids is 1. The minimum absolute atomic E-state index is 0. The van der Waals surface area contributed by atoms with E-state index < -0.39 is 20.9 Å². The van der Waals surface area contributed by atoms with Gasteiger partial charge in [-0.1, -0.05) is 29.8 Å². The van der Waals surface area contributed by atoms with Gasteiger partial charge in [-0.15, -0.1) is 0 Å². The second kappa shape index (κ2) is 4.01. The standard InChI is InChI=1S/C10H15BrO4S.H2O/c1-9-4-3-6(7(11)8(9)12)10(9,2)5-16(13,14)15;/h6-7H,3-5H2,1-2H3,(H,13,14,15);1H2/t6-,7+,9-,10?;/m0./s1. The van der Waals surface area contributed by atoms with Gasteiger partial charge in [0, 0.05) is 10.8 Å². The van der Waals surface area contributed by atoms with Crippen molar-refractivity contribution in [2.75, 3.05) is 5.75 Å². The van der Waals surface area contributed by atoms with Crippen LogP contribution in [-0.4, -0.2) is 34.8 Å². The van der Waals surface area contributed by atoms with Gasteiger partial charge >= 0.3 is 0 Å². The van der Waals surface area contributed by atoms with Gasteiger partial charge in [-0.3, -0.25) is 9.35 Å². The zero-order valence-corrected chi connectivity index (χ0v) is 12.1. The lowest BCUT2D eigenvalue weighted by Gasteiger charge is -2.35. The molecule has 0 radical (unpaired) electrons. The first-order valence-corrected chi connectivity index (χ1v) is 7.78. The highest BCUT2D eigenvalue weighted by molar-refractivity contribution is 9.10. The van der Waals surface area contributed by atoms with E-state index in [9.17, 15) is 13.2 Å². The van der Waals surface area contributed by atoms with E-state index in [1.54, 1.807) is 6.92 Å². The summed E-state index contributed by atoms with van der Waals surface area (Å²) in [4.78, 5) is 11.8. The Kier molecular flexibility index (Phi) is 3.56. The van der Waals surface area contributed by atoms with Crippen molar-refractivity contribution in [2.45, 2.75) is 31.5 Å². The Hall–Kier alpha value is 0.0200. The molecule has 4 atom stereocenters. The number of rotatable bonds is 2. The molecule has 2 bridgehead atoms. The average Bonchev–Trinajstić information content (AvgIpc) is 2.40. The highest BCUT2D eigenvalue weighted by atomic mass is 79.9. The van der Waals surface area contributed by atoms with Crippen LogP contribution in [0.25, 0.3) is 0 Å². The summed E-state index contributed by atoms with van der Waals surface area (Å²) in [5, 5.41) is 0. The molecule has 0 aromatic heterocycles. The fourth-order valence-corrected chi connectivity index (χ4v) is 6.11. The molecule has 0 heterocycles. The lowest BCUT2D eigenvalue weighted by atomic mass is 9.70. The van der Waals surface area contributed by atoms with Crippen molar-refractivity contribution >= 4 is 31.8 Å². The van der Waals surface area contributed by atoms with Gasteiger partial charge in [0.25, 0.3) is 10.1 Å². The van der Waals surface area contributed by atoms with Crippen LogP contribution in [0.5, 0.6) is 0 Å². The summed E-state index contributed by atoms with van der Waals surface area (Å²) in [5.41, 5.74) is -1.27. The Morgan fingerprint density at radius 1 is 1.47 bits per heavy atom. The van der Waals surface area contributed by atoms with E-state index in [1.165, 1.54) is 0 Å². The summed E-state index contributed by atoms with van der Waals surface area (Å²) in [6.07, 6.45) is 1.55. The average molecular weight is 329 g/mol.